The molecule has 0 bridgehead atoms. The summed E-state index contributed by atoms with van der Waals surface area (Å²) in [6.45, 7) is 2.81. The minimum absolute atomic E-state index is 0.184. The maximum atomic E-state index is 11.9. The Labute approximate surface area is 125 Å². The lowest BCUT2D eigenvalue weighted by Gasteiger charge is -2.38. The number of piperidine rings is 1. The molecule has 3 fully saturated rings. The molecule has 2 atom stereocenters. The van der Waals surface area contributed by atoms with Gasteiger partial charge >= 0.3 is 0 Å². The summed E-state index contributed by atoms with van der Waals surface area (Å²) < 4.78 is 0. The molecule has 0 radical (unpaired) electrons. The zero-order valence-corrected chi connectivity index (χ0v) is 12.3. The van der Waals surface area contributed by atoms with E-state index in [0.717, 1.165) is 38.5 Å². The molecular weight excluding hydrogens is 262 g/mol. The van der Waals surface area contributed by atoms with E-state index < -0.39 is 0 Å². The van der Waals surface area contributed by atoms with Crippen LogP contribution in [0, 0.1) is 5.92 Å². The lowest BCUT2D eigenvalue weighted by atomic mass is 9.90. The second-order valence-electron chi connectivity index (χ2n) is 6.54. The van der Waals surface area contributed by atoms with Crippen molar-refractivity contribution in [1.29, 1.82) is 0 Å². The first-order valence-electron chi connectivity index (χ1n) is 8.18. The van der Waals surface area contributed by atoms with Crippen molar-refractivity contribution >= 4 is 11.6 Å². The number of para-hydroxylation sites is 1. The largest absolute Gasteiger partial charge is 0.366 e. The zero-order chi connectivity index (χ0) is 14.2. The highest BCUT2D eigenvalue weighted by Gasteiger charge is 2.41. The molecule has 0 aromatic heterocycles. The molecule has 3 aliphatic rings. The van der Waals surface area contributed by atoms with Gasteiger partial charge in [0.15, 0.2) is 0 Å². The van der Waals surface area contributed by atoms with Crippen LogP contribution in [-0.2, 0) is 11.3 Å². The fourth-order valence-corrected chi connectivity index (χ4v) is 3.73. The molecule has 1 aliphatic carbocycles. The summed E-state index contributed by atoms with van der Waals surface area (Å²) in [6, 6.07) is 9.74. The van der Waals surface area contributed by atoms with Crippen LogP contribution in [-0.4, -0.2) is 31.1 Å². The van der Waals surface area contributed by atoms with Crippen molar-refractivity contribution in [2.75, 3.05) is 18.0 Å². The number of anilines is 1. The van der Waals surface area contributed by atoms with Crippen LogP contribution in [0.25, 0.3) is 0 Å². The lowest BCUT2D eigenvalue weighted by molar-refractivity contribution is -0.122. The monoisotopic (exact) mass is 285 g/mol. The average molecular weight is 285 g/mol. The van der Waals surface area contributed by atoms with E-state index in [1.165, 1.54) is 24.1 Å². The molecule has 2 saturated heterocycles. The van der Waals surface area contributed by atoms with Gasteiger partial charge in [0, 0.05) is 31.4 Å². The summed E-state index contributed by atoms with van der Waals surface area (Å²) >= 11 is 0. The first-order chi connectivity index (χ1) is 10.3. The Morgan fingerprint density at radius 2 is 2.10 bits per heavy atom. The van der Waals surface area contributed by atoms with Gasteiger partial charge in [-0.05, 0) is 37.3 Å². The van der Waals surface area contributed by atoms with E-state index in [9.17, 15) is 4.79 Å². The normalized spacial score (nSPS) is 28.4. The Balaban J connectivity index is 1.58. The number of nitrogens with zero attached hydrogens (tertiary/aromatic N) is 1. The first kappa shape index (κ1) is 13.1. The molecule has 1 amide bonds. The van der Waals surface area contributed by atoms with Gasteiger partial charge in [0.2, 0.25) is 5.91 Å². The molecule has 112 valence electrons. The third kappa shape index (κ3) is 2.53. The van der Waals surface area contributed by atoms with Crippen LogP contribution in [0.4, 0.5) is 5.69 Å². The number of hydrogen-bond acceptors (Lipinski definition) is 3. The van der Waals surface area contributed by atoms with Gasteiger partial charge in [0.1, 0.15) is 0 Å². The molecule has 1 aromatic carbocycles. The average Bonchev–Trinajstić information content (AvgIpc) is 3.28. The van der Waals surface area contributed by atoms with E-state index >= 15 is 0 Å². The molecule has 4 rings (SSSR count). The van der Waals surface area contributed by atoms with Gasteiger partial charge in [-0.25, -0.2) is 0 Å². The fourth-order valence-electron chi connectivity index (χ4n) is 3.73. The number of benzene rings is 1. The smallest absolute Gasteiger partial charge is 0.225 e. The van der Waals surface area contributed by atoms with Crippen LogP contribution in [0.1, 0.15) is 31.2 Å². The van der Waals surface area contributed by atoms with E-state index in [0.29, 0.717) is 6.04 Å². The van der Waals surface area contributed by atoms with Gasteiger partial charge in [0.25, 0.3) is 0 Å². The van der Waals surface area contributed by atoms with Crippen LogP contribution < -0.4 is 15.5 Å². The summed E-state index contributed by atoms with van der Waals surface area (Å²) in [7, 11) is 0. The van der Waals surface area contributed by atoms with Gasteiger partial charge in [-0.1, -0.05) is 18.2 Å². The highest BCUT2D eigenvalue weighted by atomic mass is 16.2. The lowest BCUT2D eigenvalue weighted by Crippen LogP contribution is -2.46. The number of fused-ring (bicyclic) bond motifs is 1. The number of carbonyl (C=O) groups excluding carboxylic acids is 1. The fraction of sp³-hybridized carbons (Fsp3) is 0.588. The van der Waals surface area contributed by atoms with Gasteiger partial charge in [-0.15, -0.1) is 0 Å². The topological polar surface area (TPSA) is 44.4 Å². The summed E-state index contributed by atoms with van der Waals surface area (Å²) in [6.07, 6.45) is 4.78. The van der Waals surface area contributed by atoms with Crippen LogP contribution in [0.15, 0.2) is 24.3 Å². The Bertz CT molecular complexity index is 541. The van der Waals surface area contributed by atoms with Crippen molar-refractivity contribution in [3.8, 4) is 0 Å². The van der Waals surface area contributed by atoms with E-state index in [-0.39, 0.29) is 11.8 Å². The number of carbonyl (C=O) groups is 1. The summed E-state index contributed by atoms with van der Waals surface area (Å²) in [5, 5.41) is 6.66. The Morgan fingerprint density at radius 3 is 2.95 bits per heavy atom. The molecule has 4 nitrogen and oxygen atoms in total. The quantitative estimate of drug-likeness (QED) is 0.884. The molecule has 4 heteroatoms. The van der Waals surface area contributed by atoms with Crippen LogP contribution in [0.2, 0.25) is 0 Å². The molecule has 2 unspecified atom stereocenters. The van der Waals surface area contributed by atoms with Crippen molar-refractivity contribution in [2.24, 2.45) is 5.92 Å². The van der Waals surface area contributed by atoms with Gasteiger partial charge in [-0.2, -0.15) is 0 Å². The Morgan fingerprint density at radius 1 is 1.24 bits per heavy atom. The maximum Gasteiger partial charge on any atom is 0.225 e. The summed E-state index contributed by atoms with van der Waals surface area (Å²) in [5.41, 5.74) is 2.68. The first-order valence-corrected chi connectivity index (χ1v) is 8.18. The highest BCUT2D eigenvalue weighted by Crippen LogP contribution is 2.33. The standard InChI is InChI=1S/C17H23N3O/c21-17-14-5-3-9-20(16(14)11-19-17)15-6-2-1-4-12(15)10-18-13-7-8-13/h1-2,4,6,13-14,16,18H,3,5,7-11H2,(H,19,21). The number of rotatable bonds is 4. The van der Waals surface area contributed by atoms with Gasteiger partial charge in [-0.3, -0.25) is 4.79 Å². The molecule has 21 heavy (non-hydrogen) atoms. The second-order valence-corrected chi connectivity index (χ2v) is 6.54. The van der Waals surface area contributed by atoms with Crippen LogP contribution >= 0.6 is 0 Å². The van der Waals surface area contributed by atoms with Crippen LogP contribution in [0.3, 0.4) is 0 Å². The highest BCUT2D eigenvalue weighted by molar-refractivity contribution is 5.83. The number of amides is 1. The predicted octanol–water partition coefficient (Wildman–Crippen LogP) is 1.65. The summed E-state index contributed by atoms with van der Waals surface area (Å²) in [4.78, 5) is 14.4. The zero-order valence-electron chi connectivity index (χ0n) is 12.3. The van der Waals surface area contributed by atoms with Crippen molar-refractivity contribution in [2.45, 2.75) is 44.3 Å². The molecule has 2 aliphatic heterocycles. The number of hydrogen-bond donors (Lipinski definition) is 2. The minimum Gasteiger partial charge on any atom is -0.366 e. The molecule has 1 saturated carbocycles. The molecule has 0 spiro atoms. The van der Waals surface area contributed by atoms with Crippen molar-refractivity contribution < 1.29 is 4.79 Å². The molecule has 2 heterocycles. The van der Waals surface area contributed by atoms with E-state index in [2.05, 4.69) is 39.8 Å². The second kappa shape index (κ2) is 5.34. The van der Waals surface area contributed by atoms with E-state index in [1.54, 1.807) is 0 Å². The SMILES string of the molecule is O=C1NCC2C1CCCN2c1ccccc1CNC1CC1. The maximum absolute atomic E-state index is 11.9. The summed E-state index contributed by atoms with van der Waals surface area (Å²) in [5.74, 6) is 0.432. The molecule has 1 aromatic rings. The molecular formula is C17H23N3O. The van der Waals surface area contributed by atoms with Gasteiger partial charge in [0.05, 0.1) is 12.0 Å². The number of nitrogens with one attached hydrogen (secondary N) is 2. The predicted molar refractivity (Wildman–Crippen MR) is 83.2 cm³/mol. The van der Waals surface area contributed by atoms with Crippen molar-refractivity contribution in [3.05, 3.63) is 29.8 Å². The third-order valence-electron chi connectivity index (χ3n) is 5.06. The molecule has 2 N–H and O–H groups in total. The van der Waals surface area contributed by atoms with Crippen LogP contribution in [0.5, 0.6) is 0 Å². The van der Waals surface area contributed by atoms with Crippen molar-refractivity contribution in [3.63, 3.8) is 0 Å². The van der Waals surface area contributed by atoms with Crippen molar-refractivity contribution in [1.82, 2.24) is 10.6 Å². The third-order valence-corrected chi connectivity index (χ3v) is 5.06. The minimum atomic E-state index is 0.184. The van der Waals surface area contributed by atoms with Gasteiger partial charge < -0.3 is 15.5 Å². The van der Waals surface area contributed by atoms with E-state index in [4.69, 9.17) is 0 Å². The Kier molecular flexibility index (Phi) is 3.34. The van der Waals surface area contributed by atoms with E-state index in [1.807, 2.05) is 0 Å². The Hall–Kier alpha value is -1.55.